The van der Waals surface area contributed by atoms with Gasteiger partial charge >= 0.3 is 0 Å². The van der Waals surface area contributed by atoms with Gasteiger partial charge in [0, 0.05) is 11.3 Å². The largest absolute Gasteiger partial charge is 0.325 e. The van der Waals surface area contributed by atoms with E-state index in [-0.39, 0.29) is 17.6 Å². The van der Waals surface area contributed by atoms with E-state index in [1.54, 1.807) is 6.92 Å². The Labute approximate surface area is 194 Å². The van der Waals surface area contributed by atoms with Gasteiger partial charge in [-0.1, -0.05) is 54.2 Å². The van der Waals surface area contributed by atoms with Crippen LogP contribution in [0.3, 0.4) is 0 Å². The number of amidine groups is 2. The molecule has 6 nitrogen and oxygen atoms in total. The van der Waals surface area contributed by atoms with Crippen LogP contribution in [0.25, 0.3) is 0 Å². The molecule has 3 aromatic rings. The Hall–Kier alpha value is -3.78. The number of carbonyl (C=O) groups excluding carboxylic acids is 2. The third kappa shape index (κ3) is 4.05. The number of aliphatic imine (C=N–C) groups is 2. The summed E-state index contributed by atoms with van der Waals surface area (Å²) in [5.41, 5.74) is 2.77. The van der Waals surface area contributed by atoms with Gasteiger partial charge in [0.15, 0.2) is 11.2 Å². The van der Waals surface area contributed by atoms with E-state index in [9.17, 15) is 14.0 Å². The summed E-state index contributed by atoms with van der Waals surface area (Å²) in [5.74, 6) is -0.327. The first-order valence-corrected chi connectivity index (χ1v) is 11.3. The highest BCUT2D eigenvalue weighted by Gasteiger charge is 2.42. The van der Waals surface area contributed by atoms with Crippen molar-refractivity contribution in [3.8, 4) is 0 Å². The van der Waals surface area contributed by atoms with Gasteiger partial charge < -0.3 is 5.32 Å². The second-order valence-electron chi connectivity index (χ2n) is 7.61. The summed E-state index contributed by atoms with van der Waals surface area (Å²) in [6, 6.07) is 21.8. The summed E-state index contributed by atoms with van der Waals surface area (Å²) < 4.78 is 13.1. The van der Waals surface area contributed by atoms with Crippen molar-refractivity contribution in [3.63, 3.8) is 0 Å². The number of anilines is 1. The van der Waals surface area contributed by atoms with Gasteiger partial charge in [-0.25, -0.2) is 19.3 Å². The van der Waals surface area contributed by atoms with Gasteiger partial charge in [-0.2, -0.15) is 0 Å². The maximum absolute atomic E-state index is 13.4. The second-order valence-corrected chi connectivity index (χ2v) is 8.92. The zero-order valence-electron chi connectivity index (χ0n) is 17.6. The SMILES string of the molecule is C[C@@H](SC1=Nc2ccccc2C2=N[C@H](c3ccccc3)C(=O)N12)C(=O)Nc1ccc(F)cc1. The van der Waals surface area contributed by atoms with Gasteiger partial charge in [0.05, 0.1) is 10.9 Å². The minimum atomic E-state index is -0.665. The topological polar surface area (TPSA) is 74.1 Å². The third-order valence-electron chi connectivity index (χ3n) is 5.35. The van der Waals surface area contributed by atoms with E-state index in [1.807, 2.05) is 54.6 Å². The Morgan fingerprint density at radius 3 is 2.48 bits per heavy atom. The molecule has 2 heterocycles. The molecule has 0 aromatic heterocycles. The first kappa shape index (κ1) is 21.1. The maximum Gasteiger partial charge on any atom is 0.263 e. The van der Waals surface area contributed by atoms with Crippen molar-refractivity contribution in [1.29, 1.82) is 0 Å². The third-order valence-corrected chi connectivity index (χ3v) is 6.40. The van der Waals surface area contributed by atoms with Crippen LogP contribution >= 0.6 is 11.8 Å². The summed E-state index contributed by atoms with van der Waals surface area (Å²) in [6.07, 6.45) is 0. The normalized spacial score (nSPS) is 17.6. The van der Waals surface area contributed by atoms with Crippen LogP contribution in [0.15, 0.2) is 88.8 Å². The summed E-state index contributed by atoms with van der Waals surface area (Å²) in [6.45, 7) is 1.73. The molecule has 2 amide bonds. The fourth-order valence-corrected chi connectivity index (χ4v) is 4.59. The molecule has 5 rings (SSSR count). The van der Waals surface area contributed by atoms with Crippen LogP contribution < -0.4 is 5.32 Å². The van der Waals surface area contributed by atoms with E-state index >= 15 is 0 Å². The van der Waals surface area contributed by atoms with E-state index in [0.717, 1.165) is 11.1 Å². The summed E-state index contributed by atoms with van der Waals surface area (Å²) >= 11 is 1.18. The van der Waals surface area contributed by atoms with E-state index in [1.165, 1.54) is 40.9 Å². The number of thioether (sulfide) groups is 1. The predicted molar refractivity (Wildman–Crippen MR) is 128 cm³/mol. The molecular weight excluding hydrogens is 439 g/mol. The highest BCUT2D eigenvalue weighted by molar-refractivity contribution is 8.15. The fourth-order valence-electron chi connectivity index (χ4n) is 3.67. The molecule has 0 saturated carbocycles. The van der Waals surface area contributed by atoms with Crippen molar-refractivity contribution >= 4 is 46.0 Å². The molecule has 0 bridgehead atoms. The Morgan fingerprint density at radius 2 is 1.73 bits per heavy atom. The van der Waals surface area contributed by atoms with Crippen molar-refractivity contribution in [2.24, 2.45) is 9.98 Å². The zero-order chi connectivity index (χ0) is 22.9. The summed E-state index contributed by atoms with van der Waals surface area (Å²) in [5, 5.41) is 2.60. The van der Waals surface area contributed by atoms with Gasteiger partial charge in [-0.05, 0) is 48.9 Å². The second kappa shape index (κ2) is 8.63. The molecule has 164 valence electrons. The lowest BCUT2D eigenvalue weighted by atomic mass is 10.1. The van der Waals surface area contributed by atoms with Gasteiger partial charge in [-0.15, -0.1) is 0 Å². The van der Waals surface area contributed by atoms with Gasteiger partial charge in [0.1, 0.15) is 11.7 Å². The number of hydrogen-bond acceptors (Lipinski definition) is 5. The quantitative estimate of drug-likeness (QED) is 0.603. The monoisotopic (exact) mass is 458 g/mol. The average molecular weight is 459 g/mol. The molecule has 0 radical (unpaired) electrons. The van der Waals surface area contributed by atoms with E-state index in [4.69, 9.17) is 4.99 Å². The number of para-hydroxylation sites is 1. The van der Waals surface area contributed by atoms with Crippen LogP contribution in [0, 0.1) is 5.82 Å². The Bertz CT molecular complexity index is 1290. The maximum atomic E-state index is 13.4. The highest BCUT2D eigenvalue weighted by Crippen LogP contribution is 2.38. The molecule has 8 heteroatoms. The molecule has 3 aromatic carbocycles. The summed E-state index contributed by atoms with van der Waals surface area (Å²) in [4.78, 5) is 37.1. The minimum Gasteiger partial charge on any atom is -0.325 e. The smallest absolute Gasteiger partial charge is 0.263 e. The lowest BCUT2D eigenvalue weighted by Gasteiger charge is -2.26. The van der Waals surface area contributed by atoms with Crippen molar-refractivity contribution < 1.29 is 14.0 Å². The molecule has 2 aliphatic rings. The molecule has 0 aliphatic carbocycles. The Morgan fingerprint density at radius 1 is 1.03 bits per heavy atom. The number of nitrogens with one attached hydrogen (secondary N) is 1. The van der Waals surface area contributed by atoms with Crippen molar-refractivity contribution in [3.05, 3.63) is 95.8 Å². The number of nitrogens with zero attached hydrogens (tertiary/aromatic N) is 3. The van der Waals surface area contributed by atoms with Gasteiger partial charge in [0.25, 0.3) is 5.91 Å². The predicted octanol–water partition coefficient (Wildman–Crippen LogP) is 4.92. The van der Waals surface area contributed by atoms with Crippen molar-refractivity contribution in [2.45, 2.75) is 18.2 Å². The number of hydrogen-bond donors (Lipinski definition) is 1. The average Bonchev–Trinajstić information content (AvgIpc) is 3.19. The highest BCUT2D eigenvalue weighted by atomic mass is 32.2. The van der Waals surface area contributed by atoms with Crippen LogP contribution in [-0.4, -0.2) is 33.0 Å². The molecule has 0 spiro atoms. The lowest BCUT2D eigenvalue weighted by Crippen LogP contribution is -2.41. The van der Waals surface area contributed by atoms with Crippen LogP contribution in [0.5, 0.6) is 0 Å². The Balaban J connectivity index is 1.43. The number of benzene rings is 3. The lowest BCUT2D eigenvalue weighted by molar-refractivity contribution is -0.124. The number of amides is 2. The molecule has 2 atom stereocenters. The summed E-state index contributed by atoms with van der Waals surface area (Å²) in [7, 11) is 0. The molecular formula is C25H19FN4O2S. The number of carbonyl (C=O) groups is 2. The van der Waals surface area contributed by atoms with Gasteiger partial charge in [0.2, 0.25) is 5.91 Å². The van der Waals surface area contributed by atoms with Crippen molar-refractivity contribution in [2.75, 3.05) is 5.32 Å². The minimum absolute atomic E-state index is 0.205. The standard InChI is InChI=1S/C25H19FN4O2S/c1-15(23(31)27-18-13-11-17(26)12-14-18)33-25-28-20-10-6-5-9-19(20)22-29-21(24(32)30(22)25)16-7-3-2-4-8-16/h2-15,21H,1H3,(H,27,31)/t15-,21-/m1/s1. The molecule has 1 N–H and O–H groups in total. The van der Waals surface area contributed by atoms with Crippen LogP contribution in [0.1, 0.15) is 24.1 Å². The van der Waals surface area contributed by atoms with Gasteiger partial charge in [-0.3, -0.25) is 9.59 Å². The van der Waals surface area contributed by atoms with Crippen LogP contribution in [0.2, 0.25) is 0 Å². The first-order chi connectivity index (χ1) is 16.0. The molecule has 0 saturated heterocycles. The van der Waals surface area contributed by atoms with Crippen molar-refractivity contribution in [1.82, 2.24) is 4.90 Å². The van der Waals surface area contributed by atoms with E-state index in [0.29, 0.717) is 22.4 Å². The molecule has 33 heavy (non-hydrogen) atoms. The molecule has 0 unspecified atom stereocenters. The Kier molecular flexibility index (Phi) is 5.51. The molecule has 2 aliphatic heterocycles. The van der Waals surface area contributed by atoms with E-state index in [2.05, 4.69) is 10.3 Å². The van der Waals surface area contributed by atoms with Crippen LogP contribution in [-0.2, 0) is 9.59 Å². The van der Waals surface area contributed by atoms with Crippen LogP contribution in [0.4, 0.5) is 15.8 Å². The first-order valence-electron chi connectivity index (χ1n) is 10.4. The van der Waals surface area contributed by atoms with E-state index < -0.39 is 11.3 Å². The number of fused-ring (bicyclic) bond motifs is 3. The molecule has 0 fully saturated rings. The zero-order valence-corrected chi connectivity index (χ0v) is 18.4. The number of halogens is 1. The number of rotatable bonds is 4. The fraction of sp³-hybridized carbons (Fsp3) is 0.120.